The predicted molar refractivity (Wildman–Crippen MR) is 73.7 cm³/mol. The number of carbonyl (C=O) groups excluding carboxylic acids is 2. The summed E-state index contributed by atoms with van der Waals surface area (Å²) in [6.07, 6.45) is 2.84. The molecule has 0 saturated heterocycles. The van der Waals surface area contributed by atoms with Crippen LogP contribution in [-0.2, 0) is 17.8 Å². The summed E-state index contributed by atoms with van der Waals surface area (Å²) in [6.45, 7) is 7.21. The smallest absolute Gasteiger partial charge is 0.286 e. The zero-order chi connectivity index (χ0) is 14.9. The van der Waals surface area contributed by atoms with Crippen LogP contribution in [0.4, 0.5) is 0 Å². The largest absolute Gasteiger partial charge is 0.363 e. The second-order valence-electron chi connectivity index (χ2n) is 6.33. The second kappa shape index (κ2) is 5.19. The molecule has 1 aromatic rings. The van der Waals surface area contributed by atoms with Crippen molar-refractivity contribution in [1.82, 2.24) is 14.9 Å². The van der Waals surface area contributed by atoms with Crippen LogP contribution in [0.25, 0.3) is 0 Å². The van der Waals surface area contributed by atoms with E-state index in [1.807, 2.05) is 20.8 Å². The minimum absolute atomic E-state index is 0.00821. The third kappa shape index (κ3) is 3.31. The quantitative estimate of drug-likeness (QED) is 0.869. The molecule has 1 aromatic heterocycles. The van der Waals surface area contributed by atoms with Gasteiger partial charge in [0.15, 0.2) is 0 Å². The molecule has 0 aromatic carbocycles. The molecule has 6 nitrogen and oxygen atoms in total. The molecular formula is C14H20N4O2. The van der Waals surface area contributed by atoms with Gasteiger partial charge in [0, 0.05) is 19.2 Å². The first-order valence-electron chi connectivity index (χ1n) is 6.68. The predicted octanol–water partition coefficient (Wildman–Crippen LogP) is 0.896. The summed E-state index contributed by atoms with van der Waals surface area (Å²) < 4.78 is 0. The molecule has 0 unspecified atom stereocenters. The molecule has 0 aliphatic carbocycles. The van der Waals surface area contributed by atoms with Crippen LogP contribution < -0.4 is 5.73 Å². The Bertz CT molecular complexity index is 549. The lowest BCUT2D eigenvalue weighted by atomic mass is 9.91. The molecular weight excluding hydrogens is 256 g/mol. The Balaban J connectivity index is 2.15. The minimum atomic E-state index is -0.647. The summed E-state index contributed by atoms with van der Waals surface area (Å²) in [5.41, 5.74) is 6.85. The summed E-state index contributed by atoms with van der Waals surface area (Å²) in [7, 11) is 0. The van der Waals surface area contributed by atoms with Crippen LogP contribution in [0.2, 0.25) is 0 Å². The Kier molecular flexibility index (Phi) is 3.74. The molecule has 108 valence electrons. The van der Waals surface area contributed by atoms with Crippen LogP contribution in [-0.4, -0.2) is 33.2 Å². The van der Waals surface area contributed by atoms with Gasteiger partial charge < -0.3 is 10.6 Å². The maximum atomic E-state index is 12.2. The number of primary amides is 1. The van der Waals surface area contributed by atoms with Crippen molar-refractivity contribution in [3.8, 4) is 0 Å². The first-order chi connectivity index (χ1) is 9.26. The van der Waals surface area contributed by atoms with Crippen molar-refractivity contribution in [2.24, 2.45) is 11.1 Å². The van der Waals surface area contributed by atoms with Crippen LogP contribution in [0.3, 0.4) is 0 Å². The van der Waals surface area contributed by atoms with Crippen molar-refractivity contribution < 1.29 is 9.59 Å². The summed E-state index contributed by atoms with van der Waals surface area (Å²) in [5, 5.41) is 0. The number of amides is 2. The Labute approximate surface area is 118 Å². The lowest BCUT2D eigenvalue weighted by molar-refractivity contribution is -0.134. The number of rotatable bonds is 2. The molecule has 0 atom stereocenters. The van der Waals surface area contributed by atoms with Gasteiger partial charge in [0.05, 0.1) is 12.2 Å². The number of nitrogens with zero attached hydrogens (tertiary/aromatic N) is 3. The Morgan fingerprint density at radius 3 is 2.70 bits per heavy atom. The number of nitrogens with two attached hydrogens (primary N) is 1. The Morgan fingerprint density at radius 1 is 1.40 bits per heavy atom. The molecule has 2 amide bonds. The fourth-order valence-corrected chi connectivity index (χ4v) is 2.20. The lowest BCUT2D eigenvalue weighted by Crippen LogP contribution is -2.38. The van der Waals surface area contributed by atoms with Crippen molar-refractivity contribution in [2.75, 3.05) is 6.54 Å². The molecule has 0 saturated carbocycles. The van der Waals surface area contributed by atoms with Crippen LogP contribution in [0, 0.1) is 5.41 Å². The van der Waals surface area contributed by atoms with E-state index in [1.54, 1.807) is 11.1 Å². The molecule has 0 spiro atoms. The van der Waals surface area contributed by atoms with Crippen LogP contribution in [0.15, 0.2) is 6.20 Å². The zero-order valence-corrected chi connectivity index (χ0v) is 12.1. The molecule has 0 fully saturated rings. The van der Waals surface area contributed by atoms with E-state index in [1.165, 1.54) is 0 Å². The van der Waals surface area contributed by atoms with Crippen LogP contribution in [0.1, 0.15) is 49.1 Å². The van der Waals surface area contributed by atoms with E-state index in [-0.39, 0.29) is 17.1 Å². The first-order valence-corrected chi connectivity index (χ1v) is 6.68. The zero-order valence-electron chi connectivity index (χ0n) is 12.1. The maximum Gasteiger partial charge on any atom is 0.286 e. The highest BCUT2D eigenvalue weighted by atomic mass is 16.2. The van der Waals surface area contributed by atoms with Crippen LogP contribution >= 0.6 is 0 Å². The third-order valence-electron chi connectivity index (χ3n) is 3.20. The monoisotopic (exact) mass is 276 g/mol. The third-order valence-corrected chi connectivity index (χ3v) is 3.20. The van der Waals surface area contributed by atoms with E-state index in [0.717, 1.165) is 11.3 Å². The SMILES string of the molecule is CC(C)(C)CC(=O)N1CCc2cnc(C(N)=O)nc2C1. The molecule has 2 rings (SSSR count). The van der Waals surface area contributed by atoms with E-state index in [4.69, 9.17) is 5.73 Å². The standard InChI is InChI=1S/C14H20N4O2/c1-14(2,3)6-11(19)18-5-4-9-7-16-13(12(15)20)17-10(9)8-18/h7H,4-6,8H2,1-3H3,(H2,15,20). The number of fused-ring (bicyclic) bond motifs is 1. The Morgan fingerprint density at radius 2 is 2.10 bits per heavy atom. The lowest BCUT2D eigenvalue weighted by Gasteiger charge is -2.30. The number of hydrogen-bond acceptors (Lipinski definition) is 4. The van der Waals surface area contributed by atoms with Gasteiger partial charge in [-0.1, -0.05) is 20.8 Å². The average molecular weight is 276 g/mol. The molecule has 2 heterocycles. The average Bonchev–Trinajstić information content (AvgIpc) is 2.35. The number of carbonyl (C=O) groups is 2. The van der Waals surface area contributed by atoms with Gasteiger partial charge >= 0.3 is 0 Å². The van der Waals surface area contributed by atoms with Crippen molar-refractivity contribution in [3.63, 3.8) is 0 Å². The normalized spacial score (nSPS) is 14.8. The molecule has 1 aliphatic heterocycles. The van der Waals surface area contributed by atoms with Crippen molar-refractivity contribution in [2.45, 2.75) is 40.2 Å². The van der Waals surface area contributed by atoms with E-state index in [2.05, 4.69) is 9.97 Å². The van der Waals surface area contributed by atoms with Gasteiger partial charge in [0.25, 0.3) is 5.91 Å². The highest BCUT2D eigenvalue weighted by molar-refractivity contribution is 5.88. The van der Waals surface area contributed by atoms with E-state index >= 15 is 0 Å². The molecule has 2 N–H and O–H groups in total. The van der Waals surface area contributed by atoms with E-state index < -0.39 is 5.91 Å². The highest BCUT2D eigenvalue weighted by Crippen LogP contribution is 2.23. The summed E-state index contributed by atoms with van der Waals surface area (Å²) in [6, 6.07) is 0. The van der Waals surface area contributed by atoms with E-state index in [9.17, 15) is 9.59 Å². The van der Waals surface area contributed by atoms with Crippen molar-refractivity contribution >= 4 is 11.8 Å². The summed E-state index contributed by atoms with van der Waals surface area (Å²) >= 11 is 0. The number of aromatic nitrogens is 2. The van der Waals surface area contributed by atoms with Gasteiger partial charge in [0.1, 0.15) is 0 Å². The molecule has 20 heavy (non-hydrogen) atoms. The summed E-state index contributed by atoms with van der Waals surface area (Å²) in [4.78, 5) is 33.2. The fourth-order valence-electron chi connectivity index (χ4n) is 2.20. The maximum absolute atomic E-state index is 12.2. The molecule has 6 heteroatoms. The van der Waals surface area contributed by atoms with Gasteiger partial charge in [-0.15, -0.1) is 0 Å². The van der Waals surface area contributed by atoms with Gasteiger partial charge in [-0.05, 0) is 17.4 Å². The van der Waals surface area contributed by atoms with Gasteiger partial charge in [0.2, 0.25) is 11.7 Å². The highest BCUT2D eigenvalue weighted by Gasteiger charge is 2.26. The topological polar surface area (TPSA) is 89.2 Å². The molecule has 0 bridgehead atoms. The van der Waals surface area contributed by atoms with Gasteiger partial charge in [-0.3, -0.25) is 9.59 Å². The van der Waals surface area contributed by atoms with Crippen molar-refractivity contribution in [1.29, 1.82) is 0 Å². The van der Waals surface area contributed by atoms with Gasteiger partial charge in [-0.2, -0.15) is 0 Å². The first kappa shape index (κ1) is 14.4. The van der Waals surface area contributed by atoms with Crippen molar-refractivity contribution in [3.05, 3.63) is 23.3 Å². The molecule has 1 aliphatic rings. The fraction of sp³-hybridized carbons (Fsp3) is 0.571. The summed E-state index contributed by atoms with van der Waals surface area (Å²) in [5.74, 6) is -0.526. The van der Waals surface area contributed by atoms with E-state index in [0.29, 0.717) is 25.9 Å². The Hall–Kier alpha value is -1.98. The van der Waals surface area contributed by atoms with Crippen LogP contribution in [0.5, 0.6) is 0 Å². The second-order valence-corrected chi connectivity index (χ2v) is 6.33. The van der Waals surface area contributed by atoms with Gasteiger partial charge in [-0.25, -0.2) is 9.97 Å². The molecule has 0 radical (unpaired) electrons. The minimum Gasteiger partial charge on any atom is -0.363 e. The number of hydrogen-bond donors (Lipinski definition) is 1.